The number of aliphatic hydroxyl groups excluding tert-OH is 1. The van der Waals surface area contributed by atoms with Crippen molar-refractivity contribution < 1.29 is 5.11 Å². The van der Waals surface area contributed by atoms with Gasteiger partial charge in [0.2, 0.25) is 0 Å². The third-order valence-electron chi connectivity index (χ3n) is 6.59. The van der Waals surface area contributed by atoms with Gasteiger partial charge in [-0.3, -0.25) is 4.90 Å². The minimum atomic E-state index is -0.0116. The molecule has 0 radical (unpaired) electrons. The third kappa shape index (κ3) is 4.46. The lowest BCUT2D eigenvalue weighted by molar-refractivity contribution is 0.213. The van der Waals surface area contributed by atoms with Crippen LogP contribution in [0.1, 0.15) is 30.0 Å². The molecule has 2 atom stereocenters. The van der Waals surface area contributed by atoms with E-state index in [1.165, 1.54) is 23.8 Å². The summed E-state index contributed by atoms with van der Waals surface area (Å²) in [7, 11) is 0. The number of benzene rings is 2. The van der Waals surface area contributed by atoms with E-state index in [9.17, 15) is 5.11 Å². The molecule has 7 heteroatoms. The Bertz CT molecular complexity index is 1120. The largest absolute Gasteiger partial charge is 0.394 e. The first-order chi connectivity index (χ1) is 15.8. The van der Waals surface area contributed by atoms with Crippen LogP contribution in [-0.2, 0) is 6.42 Å². The maximum absolute atomic E-state index is 9.85. The number of hydrogen-bond donors (Lipinski definition) is 3. The Morgan fingerprint density at radius 1 is 1.19 bits per heavy atom. The summed E-state index contributed by atoms with van der Waals surface area (Å²) in [6.45, 7) is 3.17. The Morgan fingerprint density at radius 2 is 2.09 bits per heavy atom. The van der Waals surface area contributed by atoms with Gasteiger partial charge in [-0.25, -0.2) is 9.67 Å². The fourth-order valence-corrected chi connectivity index (χ4v) is 4.79. The number of fused-ring (bicyclic) bond motifs is 1. The number of H-pyrrole nitrogens is 1. The molecule has 0 saturated carbocycles. The molecule has 2 unspecified atom stereocenters. The molecule has 1 fully saturated rings. The molecule has 1 saturated heterocycles. The van der Waals surface area contributed by atoms with Crippen LogP contribution in [0, 0.1) is 0 Å². The van der Waals surface area contributed by atoms with Gasteiger partial charge in [0, 0.05) is 36.2 Å². The normalized spacial score (nSPS) is 17.8. The number of rotatable bonds is 9. The highest BCUT2D eigenvalue weighted by Crippen LogP contribution is 2.24. The molecule has 0 amide bonds. The average Bonchev–Trinajstić information content (AvgIpc) is 3.60. The van der Waals surface area contributed by atoms with Gasteiger partial charge in [0.05, 0.1) is 18.3 Å². The Kier molecular flexibility index (Phi) is 6.29. The van der Waals surface area contributed by atoms with E-state index in [1.54, 1.807) is 17.3 Å². The maximum atomic E-state index is 9.85. The van der Waals surface area contributed by atoms with Crippen molar-refractivity contribution in [2.24, 2.45) is 0 Å². The van der Waals surface area contributed by atoms with Gasteiger partial charge in [-0.1, -0.05) is 30.3 Å². The van der Waals surface area contributed by atoms with Gasteiger partial charge in [0.1, 0.15) is 12.7 Å². The molecule has 3 N–H and O–H groups in total. The van der Waals surface area contributed by atoms with Crippen LogP contribution < -0.4 is 5.32 Å². The Balaban J connectivity index is 1.22. The summed E-state index contributed by atoms with van der Waals surface area (Å²) >= 11 is 0. The first-order valence-electron chi connectivity index (χ1n) is 11.4. The molecule has 2 aromatic heterocycles. The van der Waals surface area contributed by atoms with E-state index in [0.717, 1.165) is 42.8 Å². The highest BCUT2D eigenvalue weighted by Gasteiger charge is 2.25. The van der Waals surface area contributed by atoms with Gasteiger partial charge in [0.15, 0.2) is 0 Å². The summed E-state index contributed by atoms with van der Waals surface area (Å²) in [5.74, 6) is 0. The average molecular weight is 431 g/mol. The Hall–Kier alpha value is -3.00. The number of hydrogen-bond acceptors (Lipinski definition) is 5. The van der Waals surface area contributed by atoms with Crippen LogP contribution in [0.3, 0.4) is 0 Å². The predicted molar refractivity (Wildman–Crippen MR) is 126 cm³/mol. The minimum absolute atomic E-state index is 0.0116. The zero-order chi connectivity index (χ0) is 21.8. The molecular formula is C25H30N6O. The maximum Gasteiger partial charge on any atom is 0.138 e. The minimum Gasteiger partial charge on any atom is -0.394 e. The summed E-state index contributed by atoms with van der Waals surface area (Å²) in [6.07, 6.45) is 8.85. The highest BCUT2D eigenvalue weighted by molar-refractivity contribution is 5.85. The van der Waals surface area contributed by atoms with Crippen LogP contribution in [0.5, 0.6) is 0 Å². The molecule has 5 rings (SSSR count). The topological polar surface area (TPSA) is 82.0 Å². The van der Waals surface area contributed by atoms with Gasteiger partial charge >= 0.3 is 0 Å². The van der Waals surface area contributed by atoms with E-state index >= 15 is 0 Å². The van der Waals surface area contributed by atoms with Crippen molar-refractivity contribution >= 4 is 10.9 Å². The molecule has 32 heavy (non-hydrogen) atoms. The number of aromatic amines is 1. The molecule has 1 aliphatic heterocycles. The summed E-state index contributed by atoms with van der Waals surface area (Å²) in [5, 5.41) is 18.9. The number of nitrogens with one attached hydrogen (secondary N) is 2. The van der Waals surface area contributed by atoms with Gasteiger partial charge in [-0.15, -0.1) is 0 Å². The molecule has 2 aromatic carbocycles. The van der Waals surface area contributed by atoms with Crippen molar-refractivity contribution in [2.75, 3.05) is 26.2 Å². The molecule has 7 nitrogen and oxygen atoms in total. The molecule has 3 heterocycles. The highest BCUT2D eigenvalue weighted by atomic mass is 16.3. The molecular weight excluding hydrogens is 400 g/mol. The van der Waals surface area contributed by atoms with Gasteiger partial charge < -0.3 is 15.4 Å². The second kappa shape index (κ2) is 9.65. The van der Waals surface area contributed by atoms with Crippen LogP contribution in [0.15, 0.2) is 67.4 Å². The van der Waals surface area contributed by atoms with E-state index in [4.69, 9.17) is 0 Å². The monoisotopic (exact) mass is 430 g/mol. The zero-order valence-corrected chi connectivity index (χ0v) is 18.2. The lowest BCUT2D eigenvalue weighted by atomic mass is 10.1. The standard InChI is InChI=1S/C25H30N6O/c32-16-25(19-5-2-1-3-6-19)28-15-22-7-4-11-30(22)12-10-20-14-27-24-9-8-21(13-23(20)24)31-18-26-17-29-31/h1-3,5-6,8-9,13-14,17-18,22,25,27-28,32H,4,7,10-12,15-16H2. The molecule has 0 spiro atoms. The molecule has 166 valence electrons. The van der Waals surface area contributed by atoms with Crippen LogP contribution in [0.4, 0.5) is 0 Å². The number of likely N-dealkylation sites (tertiary alicyclic amines) is 1. The molecule has 0 aliphatic carbocycles. The van der Waals surface area contributed by atoms with Gasteiger partial charge in [0.25, 0.3) is 0 Å². The number of nitrogens with zero attached hydrogens (tertiary/aromatic N) is 4. The number of aromatic nitrogens is 4. The van der Waals surface area contributed by atoms with E-state index in [0.29, 0.717) is 6.04 Å². The first-order valence-corrected chi connectivity index (χ1v) is 11.4. The smallest absolute Gasteiger partial charge is 0.138 e. The molecule has 1 aliphatic rings. The first kappa shape index (κ1) is 20.9. The second-order valence-electron chi connectivity index (χ2n) is 8.52. The summed E-state index contributed by atoms with van der Waals surface area (Å²) in [5.41, 5.74) is 4.65. The van der Waals surface area contributed by atoms with Crippen LogP contribution in [0.2, 0.25) is 0 Å². The van der Waals surface area contributed by atoms with E-state index in [-0.39, 0.29) is 12.6 Å². The number of aliphatic hydroxyl groups is 1. The molecule has 4 aromatic rings. The van der Waals surface area contributed by atoms with Crippen molar-refractivity contribution in [3.63, 3.8) is 0 Å². The lowest BCUT2D eigenvalue weighted by Crippen LogP contribution is -2.40. The Morgan fingerprint density at radius 3 is 2.91 bits per heavy atom. The van der Waals surface area contributed by atoms with Crippen LogP contribution in [-0.4, -0.2) is 62.0 Å². The zero-order valence-electron chi connectivity index (χ0n) is 18.2. The van der Waals surface area contributed by atoms with E-state index in [2.05, 4.69) is 61.8 Å². The predicted octanol–water partition coefficient (Wildman–Crippen LogP) is 3.08. The Labute approximate surface area is 188 Å². The fourth-order valence-electron chi connectivity index (χ4n) is 4.79. The summed E-state index contributed by atoms with van der Waals surface area (Å²) in [4.78, 5) is 10.1. The van der Waals surface area contributed by atoms with Crippen LogP contribution >= 0.6 is 0 Å². The van der Waals surface area contributed by atoms with Crippen LogP contribution in [0.25, 0.3) is 16.6 Å². The fraction of sp³-hybridized carbons (Fsp3) is 0.360. The van der Waals surface area contributed by atoms with Gasteiger partial charge in [-0.2, -0.15) is 5.10 Å². The summed E-state index contributed by atoms with van der Waals surface area (Å²) < 4.78 is 1.79. The van der Waals surface area contributed by atoms with Crippen molar-refractivity contribution in [3.05, 3.63) is 78.5 Å². The third-order valence-corrected chi connectivity index (χ3v) is 6.59. The summed E-state index contributed by atoms with van der Waals surface area (Å²) in [6, 6.07) is 17.1. The van der Waals surface area contributed by atoms with E-state index < -0.39 is 0 Å². The second-order valence-corrected chi connectivity index (χ2v) is 8.52. The molecule has 0 bridgehead atoms. The quantitative estimate of drug-likeness (QED) is 0.380. The van der Waals surface area contributed by atoms with Crippen molar-refractivity contribution in [2.45, 2.75) is 31.3 Å². The van der Waals surface area contributed by atoms with Crippen molar-refractivity contribution in [1.82, 2.24) is 30.0 Å². The van der Waals surface area contributed by atoms with Gasteiger partial charge in [-0.05, 0) is 55.1 Å². The van der Waals surface area contributed by atoms with Crippen molar-refractivity contribution in [3.8, 4) is 5.69 Å². The van der Waals surface area contributed by atoms with Crippen molar-refractivity contribution in [1.29, 1.82) is 0 Å². The SMILES string of the molecule is OCC(NCC1CCCN1CCc1c[nH]c2ccc(-n3cncn3)cc12)c1ccccc1. The lowest BCUT2D eigenvalue weighted by Gasteiger charge is -2.27. The van der Waals surface area contributed by atoms with E-state index in [1.807, 2.05) is 18.2 Å².